The predicted molar refractivity (Wildman–Crippen MR) is 85.5 cm³/mol. The molecule has 2 aromatic rings. The molecule has 0 bridgehead atoms. The van der Waals surface area contributed by atoms with E-state index in [-0.39, 0.29) is 17.0 Å². The standard InChI is InChI=1S/C18H15NO5/c1-18(2,11-10-13-6-4-3-5-7-13)24-16-12-14(17(20)21)8-9-15(16)19(22)23/h3-9,12H,1-2H3,(H,20,21)/p-1. The van der Waals surface area contributed by atoms with Crippen LogP contribution >= 0.6 is 0 Å². The molecular formula is C18H14NO5-. The average Bonchev–Trinajstić information content (AvgIpc) is 2.53. The number of carbonyl (C=O) groups is 1. The quantitative estimate of drug-likeness (QED) is 0.488. The summed E-state index contributed by atoms with van der Waals surface area (Å²) < 4.78 is 5.60. The molecule has 24 heavy (non-hydrogen) atoms. The summed E-state index contributed by atoms with van der Waals surface area (Å²) in [5.41, 5.74) is -0.838. The first-order chi connectivity index (χ1) is 11.3. The molecule has 0 spiro atoms. The van der Waals surface area contributed by atoms with Gasteiger partial charge in [0, 0.05) is 17.2 Å². The zero-order chi connectivity index (χ0) is 17.7. The van der Waals surface area contributed by atoms with Crippen molar-refractivity contribution in [2.75, 3.05) is 0 Å². The van der Waals surface area contributed by atoms with Crippen LogP contribution in [0.25, 0.3) is 0 Å². The van der Waals surface area contributed by atoms with Crippen molar-refractivity contribution in [1.82, 2.24) is 0 Å². The number of ether oxygens (including phenoxy) is 1. The number of nitro benzene ring substituents is 1. The Hall–Kier alpha value is -3.33. The summed E-state index contributed by atoms with van der Waals surface area (Å²) in [6.45, 7) is 3.27. The molecule has 6 heteroatoms. The number of benzene rings is 2. The van der Waals surface area contributed by atoms with Gasteiger partial charge in [0.2, 0.25) is 0 Å². The number of carboxylic acid groups (broad SMARTS) is 1. The first-order valence-corrected chi connectivity index (χ1v) is 7.05. The third-order valence-corrected chi connectivity index (χ3v) is 3.04. The van der Waals surface area contributed by atoms with Gasteiger partial charge in [0.15, 0.2) is 11.4 Å². The van der Waals surface area contributed by atoms with Crippen LogP contribution in [0.1, 0.15) is 29.8 Å². The van der Waals surface area contributed by atoms with Crippen molar-refractivity contribution < 1.29 is 19.6 Å². The lowest BCUT2D eigenvalue weighted by Gasteiger charge is -2.20. The highest BCUT2D eigenvalue weighted by atomic mass is 16.6. The van der Waals surface area contributed by atoms with Crippen LogP contribution in [0.15, 0.2) is 48.5 Å². The van der Waals surface area contributed by atoms with Gasteiger partial charge >= 0.3 is 5.69 Å². The van der Waals surface area contributed by atoms with E-state index in [1.807, 2.05) is 30.3 Å². The van der Waals surface area contributed by atoms with Crippen LogP contribution in [0.5, 0.6) is 5.75 Å². The summed E-state index contributed by atoms with van der Waals surface area (Å²) in [6.07, 6.45) is 0. The second-order valence-electron chi connectivity index (χ2n) is 5.46. The van der Waals surface area contributed by atoms with E-state index in [1.165, 1.54) is 0 Å². The van der Waals surface area contributed by atoms with E-state index in [2.05, 4.69) is 11.8 Å². The molecule has 0 heterocycles. The summed E-state index contributed by atoms with van der Waals surface area (Å²) >= 11 is 0. The fraction of sp³-hybridized carbons (Fsp3) is 0.167. The van der Waals surface area contributed by atoms with E-state index in [1.54, 1.807) is 13.8 Å². The molecule has 122 valence electrons. The second kappa shape index (κ2) is 6.84. The van der Waals surface area contributed by atoms with Gasteiger partial charge in [-0.1, -0.05) is 30.0 Å². The molecule has 0 aliphatic carbocycles. The molecule has 0 aliphatic rings. The van der Waals surface area contributed by atoms with Crippen LogP contribution in [0.2, 0.25) is 0 Å². The Morgan fingerprint density at radius 2 is 1.83 bits per heavy atom. The molecular weight excluding hydrogens is 310 g/mol. The normalized spacial score (nSPS) is 10.4. The highest BCUT2D eigenvalue weighted by Gasteiger charge is 2.23. The van der Waals surface area contributed by atoms with Gasteiger partial charge in [-0.2, -0.15) is 0 Å². The first-order valence-electron chi connectivity index (χ1n) is 7.05. The van der Waals surface area contributed by atoms with Crippen molar-refractivity contribution in [2.24, 2.45) is 0 Å². The van der Waals surface area contributed by atoms with Crippen molar-refractivity contribution >= 4 is 11.7 Å². The minimum absolute atomic E-state index is 0.172. The van der Waals surface area contributed by atoms with E-state index in [9.17, 15) is 20.0 Å². The van der Waals surface area contributed by atoms with Crippen molar-refractivity contribution in [3.8, 4) is 17.6 Å². The zero-order valence-corrected chi connectivity index (χ0v) is 13.1. The van der Waals surface area contributed by atoms with Gasteiger partial charge in [0.25, 0.3) is 0 Å². The summed E-state index contributed by atoms with van der Waals surface area (Å²) in [7, 11) is 0. The maximum atomic E-state index is 11.1. The number of hydrogen-bond donors (Lipinski definition) is 0. The molecule has 0 atom stereocenters. The van der Waals surface area contributed by atoms with Crippen molar-refractivity contribution in [3.05, 3.63) is 69.8 Å². The van der Waals surface area contributed by atoms with Gasteiger partial charge in [-0.15, -0.1) is 0 Å². The third kappa shape index (κ3) is 4.34. The maximum Gasteiger partial charge on any atom is 0.311 e. The van der Waals surface area contributed by atoms with Crippen molar-refractivity contribution in [2.45, 2.75) is 19.4 Å². The Morgan fingerprint density at radius 1 is 1.17 bits per heavy atom. The van der Waals surface area contributed by atoms with Gasteiger partial charge in [0.1, 0.15) is 0 Å². The third-order valence-electron chi connectivity index (χ3n) is 3.04. The Balaban J connectivity index is 2.34. The van der Waals surface area contributed by atoms with E-state index < -0.39 is 16.5 Å². The molecule has 0 aromatic heterocycles. The predicted octanol–water partition coefficient (Wildman–Crippen LogP) is 2.17. The Labute approximate surface area is 138 Å². The molecule has 0 aliphatic heterocycles. The summed E-state index contributed by atoms with van der Waals surface area (Å²) in [4.78, 5) is 21.4. The molecule has 0 radical (unpaired) electrons. The molecule has 0 unspecified atom stereocenters. The molecule has 0 saturated carbocycles. The minimum Gasteiger partial charge on any atom is -0.545 e. The summed E-state index contributed by atoms with van der Waals surface area (Å²) in [6, 6.07) is 12.4. The highest BCUT2D eigenvalue weighted by Crippen LogP contribution is 2.30. The van der Waals surface area contributed by atoms with Gasteiger partial charge in [0.05, 0.1) is 10.9 Å². The van der Waals surface area contributed by atoms with Crippen LogP contribution in [-0.4, -0.2) is 16.5 Å². The minimum atomic E-state index is -1.44. The molecule has 6 nitrogen and oxygen atoms in total. The molecule has 2 aromatic carbocycles. The van der Waals surface area contributed by atoms with E-state index in [0.29, 0.717) is 0 Å². The number of nitrogens with zero attached hydrogens (tertiary/aromatic N) is 1. The molecule has 0 amide bonds. The first kappa shape index (κ1) is 17.0. The van der Waals surface area contributed by atoms with E-state index in [0.717, 1.165) is 23.8 Å². The van der Waals surface area contributed by atoms with Crippen LogP contribution < -0.4 is 9.84 Å². The Morgan fingerprint density at radius 3 is 2.42 bits per heavy atom. The van der Waals surface area contributed by atoms with Crippen molar-refractivity contribution in [1.29, 1.82) is 0 Å². The molecule has 0 fully saturated rings. The van der Waals surface area contributed by atoms with Crippen LogP contribution in [-0.2, 0) is 0 Å². The monoisotopic (exact) mass is 324 g/mol. The van der Waals surface area contributed by atoms with E-state index >= 15 is 0 Å². The number of rotatable bonds is 4. The summed E-state index contributed by atoms with van der Waals surface area (Å²) in [5, 5.41) is 22.0. The number of carbonyl (C=O) groups excluding carboxylic acids is 1. The number of hydrogen-bond acceptors (Lipinski definition) is 5. The maximum absolute atomic E-state index is 11.1. The van der Waals surface area contributed by atoms with Gasteiger partial charge in [-0.3, -0.25) is 10.1 Å². The van der Waals surface area contributed by atoms with Gasteiger partial charge in [-0.05, 0) is 38.1 Å². The lowest BCUT2D eigenvalue weighted by atomic mass is 10.1. The largest absolute Gasteiger partial charge is 0.545 e. The number of aromatic carboxylic acids is 1. The smallest absolute Gasteiger partial charge is 0.311 e. The van der Waals surface area contributed by atoms with Gasteiger partial charge in [-0.25, -0.2) is 0 Å². The Bertz CT molecular complexity index is 831. The SMILES string of the molecule is CC(C)(C#Cc1ccccc1)Oc1cc(C(=O)[O-])ccc1[N+](=O)[O-]. The second-order valence-corrected chi connectivity index (χ2v) is 5.46. The topological polar surface area (TPSA) is 92.5 Å². The Kier molecular flexibility index (Phi) is 4.85. The lowest BCUT2D eigenvalue weighted by Crippen LogP contribution is -2.27. The molecule has 0 saturated heterocycles. The van der Waals surface area contributed by atoms with Crippen molar-refractivity contribution in [3.63, 3.8) is 0 Å². The van der Waals surface area contributed by atoms with Gasteiger partial charge < -0.3 is 14.6 Å². The zero-order valence-electron chi connectivity index (χ0n) is 13.1. The van der Waals surface area contributed by atoms with Crippen LogP contribution in [0.3, 0.4) is 0 Å². The van der Waals surface area contributed by atoms with Crippen LogP contribution in [0.4, 0.5) is 5.69 Å². The molecule has 2 rings (SSSR count). The van der Waals surface area contributed by atoms with Crippen LogP contribution in [0, 0.1) is 22.0 Å². The number of nitro groups is 1. The fourth-order valence-electron chi connectivity index (χ4n) is 1.92. The average molecular weight is 324 g/mol. The molecule has 0 N–H and O–H groups in total. The highest BCUT2D eigenvalue weighted by molar-refractivity contribution is 5.87. The lowest BCUT2D eigenvalue weighted by molar-refractivity contribution is -0.386. The van der Waals surface area contributed by atoms with E-state index in [4.69, 9.17) is 4.74 Å². The number of carboxylic acids is 1. The summed E-state index contributed by atoms with van der Waals surface area (Å²) in [5.74, 6) is 4.18. The fourth-order valence-corrected chi connectivity index (χ4v) is 1.92.